The highest BCUT2D eigenvalue weighted by molar-refractivity contribution is 6.47. The Kier molecular flexibility index (Phi) is 4.53. The smallest absolute Gasteiger partial charge is 0.355 e. The molecule has 0 spiro atoms. The van der Waals surface area contributed by atoms with Crippen molar-refractivity contribution in [1.29, 1.82) is 0 Å². The number of imide groups is 1. The standard InChI is InChI=1S/C20H16N4O6/c1-11-5-3-4-6-14(11)23-17-15(16(21-23)20(27)30-2)18(25)22(19(17)26)12-7-9-13(10-8-12)24(28)29/h3-10,15,17H,1-2H3/t15-,17-/m1/s1. The summed E-state index contributed by atoms with van der Waals surface area (Å²) < 4.78 is 4.77. The van der Waals surface area contributed by atoms with Crippen molar-refractivity contribution in [2.45, 2.75) is 13.0 Å². The number of benzene rings is 2. The fourth-order valence-electron chi connectivity index (χ4n) is 3.68. The molecule has 1 fully saturated rings. The lowest BCUT2D eigenvalue weighted by Crippen LogP contribution is -2.39. The van der Waals surface area contributed by atoms with Crippen LogP contribution in [0.2, 0.25) is 0 Å². The summed E-state index contributed by atoms with van der Waals surface area (Å²) in [5.41, 5.74) is 1.24. The average Bonchev–Trinajstić information content (AvgIpc) is 3.25. The minimum Gasteiger partial charge on any atom is -0.464 e. The molecule has 2 atom stereocenters. The van der Waals surface area contributed by atoms with E-state index in [2.05, 4.69) is 5.10 Å². The minimum absolute atomic E-state index is 0.159. The molecule has 2 heterocycles. The third-order valence-electron chi connectivity index (χ3n) is 5.12. The molecule has 0 radical (unpaired) electrons. The van der Waals surface area contributed by atoms with E-state index in [-0.39, 0.29) is 17.1 Å². The minimum atomic E-state index is -1.14. The van der Waals surface area contributed by atoms with E-state index in [1.807, 2.05) is 19.1 Å². The number of carbonyl (C=O) groups is 3. The molecule has 0 unspecified atom stereocenters. The first-order valence-corrected chi connectivity index (χ1v) is 8.99. The van der Waals surface area contributed by atoms with Crippen LogP contribution in [0, 0.1) is 23.0 Å². The van der Waals surface area contributed by atoms with Crippen molar-refractivity contribution < 1.29 is 24.0 Å². The SMILES string of the molecule is COC(=O)C1=NN(c2ccccc2C)[C@H]2C(=O)N(c3ccc([N+](=O)[O-])cc3)C(=O)[C@H]12. The fraction of sp³-hybridized carbons (Fsp3) is 0.200. The molecule has 4 rings (SSSR count). The van der Waals surface area contributed by atoms with Gasteiger partial charge in [-0.2, -0.15) is 5.10 Å². The number of amides is 2. The van der Waals surface area contributed by atoms with Gasteiger partial charge in [0, 0.05) is 12.1 Å². The Balaban J connectivity index is 1.79. The molecular formula is C20H16N4O6. The first-order chi connectivity index (χ1) is 14.3. The second kappa shape index (κ2) is 7.07. The number of ether oxygens (including phenoxy) is 1. The van der Waals surface area contributed by atoms with E-state index in [9.17, 15) is 24.5 Å². The molecule has 0 aliphatic carbocycles. The van der Waals surface area contributed by atoms with E-state index in [1.54, 1.807) is 12.1 Å². The van der Waals surface area contributed by atoms with Crippen LogP contribution < -0.4 is 9.91 Å². The zero-order chi connectivity index (χ0) is 21.6. The molecule has 1 saturated heterocycles. The number of nitro groups is 1. The van der Waals surface area contributed by atoms with Crippen LogP contribution in [-0.2, 0) is 19.1 Å². The Morgan fingerprint density at radius 3 is 2.37 bits per heavy atom. The molecule has 2 aliphatic rings. The maximum absolute atomic E-state index is 13.3. The number of aryl methyl sites for hydroxylation is 1. The summed E-state index contributed by atoms with van der Waals surface area (Å²) >= 11 is 0. The predicted molar refractivity (Wildman–Crippen MR) is 106 cm³/mol. The van der Waals surface area contributed by atoms with Crippen molar-refractivity contribution in [2.75, 3.05) is 17.0 Å². The maximum atomic E-state index is 13.3. The van der Waals surface area contributed by atoms with Crippen LogP contribution in [0.5, 0.6) is 0 Å². The molecule has 2 aromatic carbocycles. The third-order valence-corrected chi connectivity index (χ3v) is 5.12. The number of fused-ring (bicyclic) bond motifs is 1. The fourth-order valence-corrected chi connectivity index (χ4v) is 3.68. The highest BCUT2D eigenvalue weighted by atomic mass is 16.6. The number of nitrogens with zero attached hydrogens (tertiary/aromatic N) is 4. The molecule has 0 saturated carbocycles. The van der Waals surface area contributed by atoms with E-state index in [1.165, 1.54) is 36.4 Å². The number of methoxy groups -OCH3 is 1. The quantitative estimate of drug-likeness (QED) is 0.327. The Labute approximate surface area is 170 Å². The van der Waals surface area contributed by atoms with Crippen LogP contribution in [0.25, 0.3) is 0 Å². The lowest BCUT2D eigenvalue weighted by molar-refractivity contribution is -0.384. The largest absolute Gasteiger partial charge is 0.464 e. The van der Waals surface area contributed by atoms with Crippen molar-refractivity contribution in [1.82, 2.24) is 0 Å². The lowest BCUT2D eigenvalue weighted by atomic mass is 9.97. The Bertz CT molecular complexity index is 1110. The Morgan fingerprint density at radius 2 is 1.77 bits per heavy atom. The van der Waals surface area contributed by atoms with Gasteiger partial charge in [-0.1, -0.05) is 18.2 Å². The van der Waals surface area contributed by atoms with Gasteiger partial charge >= 0.3 is 5.97 Å². The van der Waals surface area contributed by atoms with Crippen molar-refractivity contribution in [2.24, 2.45) is 11.0 Å². The monoisotopic (exact) mass is 408 g/mol. The van der Waals surface area contributed by atoms with Crippen molar-refractivity contribution in [3.63, 3.8) is 0 Å². The summed E-state index contributed by atoms with van der Waals surface area (Å²) in [5, 5.41) is 16.5. The normalized spacial score (nSPS) is 20.3. The number of hydrazone groups is 1. The number of para-hydroxylation sites is 1. The summed E-state index contributed by atoms with van der Waals surface area (Å²) in [6.45, 7) is 1.82. The van der Waals surface area contributed by atoms with Gasteiger partial charge in [0.05, 0.1) is 23.4 Å². The summed E-state index contributed by atoms with van der Waals surface area (Å²) in [5.74, 6) is -3.16. The van der Waals surface area contributed by atoms with Crippen LogP contribution >= 0.6 is 0 Å². The van der Waals surface area contributed by atoms with Gasteiger partial charge in [0.2, 0.25) is 5.91 Å². The number of rotatable bonds is 4. The number of carbonyl (C=O) groups excluding carboxylic acids is 3. The first kappa shape index (κ1) is 19.2. The number of hydrogen-bond acceptors (Lipinski definition) is 8. The summed E-state index contributed by atoms with van der Waals surface area (Å²) in [7, 11) is 1.17. The molecule has 2 amide bonds. The number of nitro benzene ring substituents is 1. The second-order valence-corrected chi connectivity index (χ2v) is 6.82. The van der Waals surface area contributed by atoms with Gasteiger partial charge in [-0.25, -0.2) is 9.69 Å². The van der Waals surface area contributed by atoms with Crippen molar-refractivity contribution in [3.8, 4) is 0 Å². The molecule has 30 heavy (non-hydrogen) atoms. The highest BCUT2D eigenvalue weighted by Gasteiger charge is 2.59. The molecule has 2 aromatic rings. The zero-order valence-electron chi connectivity index (χ0n) is 16.0. The molecule has 152 valence electrons. The van der Waals surface area contributed by atoms with E-state index < -0.39 is 34.7 Å². The van der Waals surface area contributed by atoms with Gasteiger partial charge in [-0.3, -0.25) is 24.7 Å². The van der Waals surface area contributed by atoms with Crippen LogP contribution in [0.1, 0.15) is 5.56 Å². The van der Waals surface area contributed by atoms with Gasteiger partial charge in [-0.05, 0) is 30.7 Å². The van der Waals surface area contributed by atoms with E-state index in [0.717, 1.165) is 10.5 Å². The van der Waals surface area contributed by atoms with E-state index in [4.69, 9.17) is 4.74 Å². The van der Waals surface area contributed by atoms with Gasteiger partial charge in [-0.15, -0.1) is 0 Å². The second-order valence-electron chi connectivity index (χ2n) is 6.82. The van der Waals surface area contributed by atoms with Crippen LogP contribution in [0.4, 0.5) is 17.1 Å². The van der Waals surface area contributed by atoms with Crippen LogP contribution in [-0.4, -0.2) is 41.6 Å². The number of esters is 1. The van der Waals surface area contributed by atoms with Crippen molar-refractivity contribution in [3.05, 3.63) is 64.2 Å². The van der Waals surface area contributed by atoms with E-state index >= 15 is 0 Å². The lowest BCUT2D eigenvalue weighted by Gasteiger charge is -2.23. The third kappa shape index (κ3) is 2.81. The molecule has 10 nitrogen and oxygen atoms in total. The molecule has 10 heteroatoms. The molecular weight excluding hydrogens is 392 g/mol. The molecule has 0 aromatic heterocycles. The Hall–Kier alpha value is -4.08. The summed E-state index contributed by atoms with van der Waals surface area (Å²) in [6.07, 6.45) is 0. The highest BCUT2D eigenvalue weighted by Crippen LogP contribution is 2.39. The number of non-ortho nitro benzene ring substituents is 1. The average molecular weight is 408 g/mol. The van der Waals surface area contributed by atoms with Gasteiger partial charge < -0.3 is 4.74 Å². The molecule has 0 N–H and O–H groups in total. The van der Waals surface area contributed by atoms with E-state index in [0.29, 0.717) is 5.69 Å². The van der Waals surface area contributed by atoms with Gasteiger partial charge in [0.1, 0.15) is 12.0 Å². The topological polar surface area (TPSA) is 122 Å². The van der Waals surface area contributed by atoms with Gasteiger partial charge in [0.15, 0.2) is 5.71 Å². The first-order valence-electron chi connectivity index (χ1n) is 8.99. The number of hydrogen-bond donors (Lipinski definition) is 0. The predicted octanol–water partition coefficient (Wildman–Crippen LogP) is 1.81. The maximum Gasteiger partial charge on any atom is 0.355 e. The van der Waals surface area contributed by atoms with Crippen LogP contribution in [0.15, 0.2) is 53.6 Å². The van der Waals surface area contributed by atoms with Crippen molar-refractivity contribution >= 4 is 40.6 Å². The summed E-state index contributed by atoms with van der Waals surface area (Å²) in [6, 6.07) is 11.2. The number of anilines is 2. The van der Waals surface area contributed by atoms with Gasteiger partial charge in [0.25, 0.3) is 11.6 Å². The molecule has 2 aliphatic heterocycles. The zero-order valence-corrected chi connectivity index (χ0v) is 16.0. The van der Waals surface area contributed by atoms with Crippen LogP contribution in [0.3, 0.4) is 0 Å². The molecule has 0 bridgehead atoms. The Morgan fingerprint density at radius 1 is 1.10 bits per heavy atom. The summed E-state index contributed by atoms with van der Waals surface area (Å²) in [4.78, 5) is 50.0.